The highest BCUT2D eigenvalue weighted by Gasteiger charge is 2.27. The van der Waals surface area contributed by atoms with Crippen molar-refractivity contribution in [2.75, 3.05) is 6.61 Å². The third kappa shape index (κ3) is 5.41. The van der Waals surface area contributed by atoms with Gasteiger partial charge >= 0.3 is 0 Å². The Morgan fingerprint density at radius 2 is 1.48 bits per heavy atom. The van der Waals surface area contributed by atoms with Crippen molar-refractivity contribution in [2.45, 2.75) is 79.6 Å². The molecule has 1 atom stereocenters. The van der Waals surface area contributed by atoms with Crippen molar-refractivity contribution >= 4 is 0 Å². The highest BCUT2D eigenvalue weighted by atomic mass is 16.5. The van der Waals surface area contributed by atoms with Crippen LogP contribution in [0.5, 0.6) is 5.75 Å². The summed E-state index contributed by atoms with van der Waals surface area (Å²) in [5, 5.41) is 0. The van der Waals surface area contributed by atoms with E-state index in [0.717, 1.165) is 12.2 Å². The molecule has 1 aromatic rings. The third-order valence-corrected chi connectivity index (χ3v) is 4.13. The predicted octanol–water partition coefficient (Wildman–Crippen LogP) is 6.44. The number of hydrogen-bond donors (Lipinski definition) is 0. The molecule has 0 aliphatic carbocycles. The first-order valence-corrected chi connectivity index (χ1v) is 8.94. The van der Waals surface area contributed by atoms with Gasteiger partial charge in [0, 0.05) is 11.1 Å². The second kappa shape index (κ2) is 7.55. The van der Waals surface area contributed by atoms with Crippen LogP contribution in [0, 0.1) is 5.92 Å². The molecule has 1 aromatic carbocycles. The normalized spacial score (nSPS) is 14.3. The Bertz CT molecular complexity index is 503. The summed E-state index contributed by atoms with van der Waals surface area (Å²) in [5.74, 6) is 1.65. The SMILES string of the molecule is C/C=C\C(C)Cc1cc(C(C)(C)C)c(OCC)c(C(C)(C)C)c1. The van der Waals surface area contributed by atoms with Gasteiger partial charge in [-0.15, -0.1) is 0 Å². The largest absolute Gasteiger partial charge is 0.493 e. The van der Waals surface area contributed by atoms with Gasteiger partial charge < -0.3 is 4.74 Å². The van der Waals surface area contributed by atoms with Crippen molar-refractivity contribution in [3.05, 3.63) is 41.0 Å². The van der Waals surface area contributed by atoms with Crippen LogP contribution < -0.4 is 4.74 Å². The Hall–Kier alpha value is -1.24. The van der Waals surface area contributed by atoms with Gasteiger partial charge in [-0.3, -0.25) is 0 Å². The van der Waals surface area contributed by atoms with Crippen LogP contribution in [0.15, 0.2) is 24.3 Å². The molecule has 0 radical (unpaired) electrons. The Kier molecular flexibility index (Phi) is 6.50. The van der Waals surface area contributed by atoms with Gasteiger partial charge in [-0.2, -0.15) is 0 Å². The van der Waals surface area contributed by atoms with Gasteiger partial charge in [0.1, 0.15) is 5.75 Å². The van der Waals surface area contributed by atoms with Crippen LogP contribution in [0.4, 0.5) is 0 Å². The molecule has 0 spiro atoms. The van der Waals surface area contributed by atoms with Crippen LogP contribution in [-0.2, 0) is 17.3 Å². The van der Waals surface area contributed by atoms with E-state index in [-0.39, 0.29) is 10.8 Å². The van der Waals surface area contributed by atoms with Crippen molar-refractivity contribution in [2.24, 2.45) is 5.92 Å². The van der Waals surface area contributed by atoms with Gasteiger partial charge in [0.15, 0.2) is 0 Å². The summed E-state index contributed by atoms with van der Waals surface area (Å²) in [6, 6.07) is 4.72. The Balaban J connectivity index is 3.52. The predicted molar refractivity (Wildman–Crippen MR) is 103 cm³/mol. The quantitative estimate of drug-likeness (QED) is 0.568. The van der Waals surface area contributed by atoms with E-state index in [1.54, 1.807) is 0 Å². The van der Waals surface area contributed by atoms with E-state index in [1.165, 1.54) is 16.7 Å². The van der Waals surface area contributed by atoms with Crippen molar-refractivity contribution in [1.82, 2.24) is 0 Å². The molecule has 23 heavy (non-hydrogen) atoms. The topological polar surface area (TPSA) is 9.23 Å². The maximum atomic E-state index is 6.11. The van der Waals surface area contributed by atoms with Gasteiger partial charge in [-0.1, -0.05) is 72.8 Å². The number of benzene rings is 1. The number of hydrogen-bond acceptors (Lipinski definition) is 1. The fourth-order valence-electron chi connectivity index (χ4n) is 2.99. The maximum Gasteiger partial charge on any atom is 0.126 e. The number of ether oxygens (including phenoxy) is 1. The molecule has 0 fully saturated rings. The van der Waals surface area contributed by atoms with E-state index in [0.29, 0.717) is 12.5 Å². The third-order valence-electron chi connectivity index (χ3n) is 4.13. The summed E-state index contributed by atoms with van der Waals surface area (Å²) in [5.41, 5.74) is 4.21. The summed E-state index contributed by atoms with van der Waals surface area (Å²) in [4.78, 5) is 0. The Morgan fingerprint density at radius 1 is 1.00 bits per heavy atom. The summed E-state index contributed by atoms with van der Waals surface area (Å²) >= 11 is 0. The molecule has 1 heteroatoms. The van der Waals surface area contributed by atoms with Gasteiger partial charge in [0.25, 0.3) is 0 Å². The van der Waals surface area contributed by atoms with Crippen molar-refractivity contribution < 1.29 is 4.74 Å². The zero-order valence-corrected chi connectivity index (χ0v) is 16.7. The second-order valence-electron chi connectivity index (χ2n) is 8.66. The average molecular weight is 317 g/mol. The molecule has 1 nitrogen and oxygen atoms in total. The standard InChI is InChI=1S/C22H36O/c1-10-12-16(3)13-17-14-18(21(4,5)6)20(23-11-2)19(15-17)22(7,8)9/h10,12,14-16H,11,13H2,1-9H3/b12-10-. The smallest absolute Gasteiger partial charge is 0.126 e. The van der Waals surface area contributed by atoms with E-state index in [2.05, 4.69) is 86.6 Å². The molecule has 130 valence electrons. The van der Waals surface area contributed by atoms with Crippen LogP contribution in [0.2, 0.25) is 0 Å². The molecular weight excluding hydrogens is 280 g/mol. The molecule has 1 rings (SSSR count). The zero-order chi connectivity index (χ0) is 17.8. The monoisotopic (exact) mass is 316 g/mol. The highest BCUT2D eigenvalue weighted by Crippen LogP contribution is 2.41. The summed E-state index contributed by atoms with van der Waals surface area (Å²) < 4.78 is 6.11. The zero-order valence-electron chi connectivity index (χ0n) is 16.7. The fraction of sp³-hybridized carbons (Fsp3) is 0.636. The van der Waals surface area contributed by atoms with Gasteiger partial charge in [-0.05, 0) is 42.6 Å². The lowest BCUT2D eigenvalue weighted by atomic mass is 9.77. The first kappa shape index (κ1) is 19.8. The van der Waals surface area contributed by atoms with Crippen molar-refractivity contribution in [3.63, 3.8) is 0 Å². The van der Waals surface area contributed by atoms with E-state index >= 15 is 0 Å². The summed E-state index contributed by atoms with van der Waals surface area (Å²) in [6.07, 6.45) is 5.50. The molecule has 0 heterocycles. The van der Waals surface area contributed by atoms with E-state index in [1.807, 2.05) is 0 Å². The minimum atomic E-state index is 0.0738. The van der Waals surface area contributed by atoms with Crippen LogP contribution in [0.3, 0.4) is 0 Å². The Labute approximate surface area is 144 Å². The van der Waals surface area contributed by atoms with E-state index < -0.39 is 0 Å². The second-order valence-corrected chi connectivity index (χ2v) is 8.66. The maximum absolute atomic E-state index is 6.11. The van der Waals surface area contributed by atoms with Crippen LogP contribution >= 0.6 is 0 Å². The molecule has 1 unspecified atom stereocenters. The van der Waals surface area contributed by atoms with Gasteiger partial charge in [0.05, 0.1) is 6.61 Å². The summed E-state index contributed by atoms with van der Waals surface area (Å²) in [6.45, 7) is 20.8. The van der Waals surface area contributed by atoms with Crippen LogP contribution in [0.1, 0.15) is 79.0 Å². The lowest BCUT2D eigenvalue weighted by molar-refractivity contribution is 0.319. The molecule has 0 aliphatic heterocycles. The molecule has 0 saturated carbocycles. The summed E-state index contributed by atoms with van der Waals surface area (Å²) in [7, 11) is 0. The molecule has 0 saturated heterocycles. The minimum Gasteiger partial charge on any atom is -0.493 e. The highest BCUT2D eigenvalue weighted by molar-refractivity contribution is 5.51. The molecule has 0 N–H and O–H groups in total. The van der Waals surface area contributed by atoms with Crippen molar-refractivity contribution in [3.8, 4) is 5.75 Å². The van der Waals surface area contributed by atoms with E-state index in [4.69, 9.17) is 4.74 Å². The minimum absolute atomic E-state index is 0.0738. The van der Waals surface area contributed by atoms with Gasteiger partial charge in [0.2, 0.25) is 0 Å². The van der Waals surface area contributed by atoms with Crippen LogP contribution in [-0.4, -0.2) is 6.61 Å². The fourth-order valence-corrected chi connectivity index (χ4v) is 2.99. The first-order chi connectivity index (χ1) is 10.5. The molecule has 0 aliphatic rings. The molecule has 0 aromatic heterocycles. The number of allylic oxidation sites excluding steroid dienone is 2. The molecule has 0 amide bonds. The van der Waals surface area contributed by atoms with Crippen LogP contribution in [0.25, 0.3) is 0 Å². The van der Waals surface area contributed by atoms with E-state index in [9.17, 15) is 0 Å². The lowest BCUT2D eigenvalue weighted by Crippen LogP contribution is -2.20. The van der Waals surface area contributed by atoms with Crippen molar-refractivity contribution in [1.29, 1.82) is 0 Å². The first-order valence-electron chi connectivity index (χ1n) is 8.94. The Morgan fingerprint density at radius 3 is 1.83 bits per heavy atom. The average Bonchev–Trinajstić information content (AvgIpc) is 2.38. The molecule has 0 bridgehead atoms. The lowest BCUT2D eigenvalue weighted by Gasteiger charge is -2.30. The van der Waals surface area contributed by atoms with Gasteiger partial charge in [-0.25, -0.2) is 0 Å². The molecular formula is C22H36O. The number of rotatable bonds is 5.